The van der Waals surface area contributed by atoms with E-state index in [1.165, 1.54) is 19.3 Å². The Morgan fingerprint density at radius 2 is 1.76 bits per heavy atom. The smallest absolute Gasteiger partial charge is 0.335 e. The predicted molar refractivity (Wildman–Crippen MR) is 138 cm³/mol. The fourth-order valence-electron chi connectivity index (χ4n) is 4.01. The minimum atomic E-state index is -0.825. The Morgan fingerprint density at radius 1 is 1.05 bits per heavy atom. The highest BCUT2D eigenvalue weighted by molar-refractivity contribution is 6.39. The number of amides is 4. The van der Waals surface area contributed by atoms with Crippen LogP contribution >= 0.6 is 11.6 Å². The van der Waals surface area contributed by atoms with Crippen LogP contribution in [0.15, 0.2) is 60.2 Å². The summed E-state index contributed by atoms with van der Waals surface area (Å²) in [6, 6.07) is 16.7. The molecule has 3 aromatic carbocycles. The number of ether oxygens (including phenoxy) is 2. The van der Waals surface area contributed by atoms with Crippen molar-refractivity contribution in [1.29, 1.82) is 5.26 Å². The van der Waals surface area contributed by atoms with Gasteiger partial charge in [-0.3, -0.25) is 14.9 Å². The number of hydrogen-bond acceptors (Lipinski definition) is 6. The molecule has 4 rings (SSSR count). The number of carbonyl (C=O) groups is 3. The number of anilines is 1. The normalized spacial score (nSPS) is 14.4. The van der Waals surface area contributed by atoms with Crippen LogP contribution in [0.4, 0.5) is 10.5 Å². The number of nitrogens with zero attached hydrogens (tertiary/aromatic N) is 2. The van der Waals surface area contributed by atoms with Crippen molar-refractivity contribution in [2.75, 3.05) is 12.0 Å². The number of barbiturate groups is 1. The molecular formula is C28H22ClN3O5. The third kappa shape index (κ3) is 5.32. The fourth-order valence-corrected chi connectivity index (χ4v) is 4.28. The third-order valence-corrected chi connectivity index (χ3v) is 5.92. The lowest BCUT2D eigenvalue weighted by Gasteiger charge is -2.27. The van der Waals surface area contributed by atoms with Gasteiger partial charge in [0.25, 0.3) is 11.8 Å². The summed E-state index contributed by atoms with van der Waals surface area (Å²) in [4.78, 5) is 39.3. The monoisotopic (exact) mass is 515 g/mol. The molecule has 186 valence electrons. The van der Waals surface area contributed by atoms with E-state index < -0.39 is 17.8 Å². The lowest BCUT2D eigenvalue weighted by molar-refractivity contribution is -0.122. The third-order valence-electron chi connectivity index (χ3n) is 5.64. The van der Waals surface area contributed by atoms with Gasteiger partial charge >= 0.3 is 6.03 Å². The molecule has 0 unspecified atom stereocenters. The van der Waals surface area contributed by atoms with Crippen LogP contribution in [0.25, 0.3) is 6.08 Å². The van der Waals surface area contributed by atoms with E-state index in [-0.39, 0.29) is 28.7 Å². The van der Waals surface area contributed by atoms with E-state index in [9.17, 15) is 19.6 Å². The highest BCUT2D eigenvalue weighted by Gasteiger charge is 2.37. The highest BCUT2D eigenvalue weighted by Crippen LogP contribution is 2.38. The van der Waals surface area contributed by atoms with Crippen molar-refractivity contribution in [2.45, 2.75) is 20.5 Å². The van der Waals surface area contributed by atoms with Gasteiger partial charge in [0.05, 0.1) is 29.5 Å². The van der Waals surface area contributed by atoms with E-state index in [0.29, 0.717) is 22.4 Å². The first-order valence-corrected chi connectivity index (χ1v) is 11.6. The summed E-state index contributed by atoms with van der Waals surface area (Å²) < 4.78 is 11.3. The Labute approximate surface area is 218 Å². The zero-order chi connectivity index (χ0) is 26.7. The number of carbonyl (C=O) groups excluding carboxylic acids is 3. The lowest BCUT2D eigenvalue weighted by atomic mass is 10.0. The maximum Gasteiger partial charge on any atom is 0.335 e. The number of nitrogens with one attached hydrogen (secondary N) is 1. The van der Waals surface area contributed by atoms with E-state index in [2.05, 4.69) is 11.4 Å². The van der Waals surface area contributed by atoms with Gasteiger partial charge in [0, 0.05) is 5.56 Å². The number of halogens is 1. The molecule has 8 nitrogen and oxygen atoms in total. The highest BCUT2D eigenvalue weighted by atomic mass is 35.5. The zero-order valence-electron chi connectivity index (χ0n) is 20.3. The van der Waals surface area contributed by atoms with E-state index in [4.69, 9.17) is 21.1 Å². The van der Waals surface area contributed by atoms with Gasteiger partial charge in [-0.15, -0.1) is 0 Å². The molecule has 0 radical (unpaired) electrons. The summed E-state index contributed by atoms with van der Waals surface area (Å²) in [6.45, 7) is 3.78. The van der Waals surface area contributed by atoms with Gasteiger partial charge in [-0.25, -0.2) is 9.69 Å². The topological polar surface area (TPSA) is 109 Å². The van der Waals surface area contributed by atoms with E-state index in [0.717, 1.165) is 16.0 Å². The van der Waals surface area contributed by atoms with Gasteiger partial charge in [0.1, 0.15) is 12.2 Å². The molecule has 3 aromatic rings. The van der Waals surface area contributed by atoms with Crippen molar-refractivity contribution in [3.8, 4) is 17.6 Å². The average Bonchev–Trinajstić information content (AvgIpc) is 2.85. The molecule has 1 aliphatic heterocycles. The lowest BCUT2D eigenvalue weighted by Crippen LogP contribution is -2.54. The average molecular weight is 516 g/mol. The number of hydrogen-bond donors (Lipinski definition) is 1. The standard InChI is InChI=1S/C28H22ClN3O5/c1-16-8-17(2)10-21(9-16)32-27(34)22(26(33)31-28(32)35)11-18-12-23(29)25(24(13-18)36-3)37-15-20-7-5-4-6-19(20)14-30/h4-13H,15H2,1-3H3,(H,31,33,35)/b22-11+. The Morgan fingerprint density at radius 3 is 2.43 bits per heavy atom. The van der Waals surface area contributed by atoms with E-state index >= 15 is 0 Å². The summed E-state index contributed by atoms with van der Waals surface area (Å²) in [5.41, 5.74) is 3.38. The van der Waals surface area contributed by atoms with Crippen LogP contribution < -0.4 is 19.7 Å². The Balaban J connectivity index is 1.66. The molecule has 1 N–H and O–H groups in total. The van der Waals surface area contributed by atoms with Crippen LogP contribution in [-0.2, 0) is 16.2 Å². The van der Waals surface area contributed by atoms with Crippen molar-refractivity contribution in [1.82, 2.24) is 5.32 Å². The number of benzene rings is 3. The molecule has 0 atom stereocenters. The Bertz CT molecular complexity index is 1490. The maximum atomic E-state index is 13.3. The molecule has 9 heteroatoms. The predicted octanol–water partition coefficient (Wildman–Crippen LogP) is 5.08. The van der Waals surface area contributed by atoms with Crippen LogP contribution in [0.3, 0.4) is 0 Å². The van der Waals surface area contributed by atoms with Gasteiger partial charge in [-0.05, 0) is 66.9 Å². The SMILES string of the molecule is COc1cc(/C=C2\C(=O)NC(=O)N(c3cc(C)cc(C)c3)C2=O)cc(Cl)c1OCc1ccccc1C#N. The number of nitriles is 1. The molecule has 1 heterocycles. The largest absolute Gasteiger partial charge is 0.493 e. The van der Waals surface area contributed by atoms with Crippen molar-refractivity contribution >= 4 is 41.2 Å². The van der Waals surface area contributed by atoms with E-state index in [1.807, 2.05) is 19.9 Å². The van der Waals surface area contributed by atoms with Crippen molar-refractivity contribution in [3.63, 3.8) is 0 Å². The van der Waals surface area contributed by atoms with Gasteiger partial charge in [-0.2, -0.15) is 5.26 Å². The zero-order valence-corrected chi connectivity index (χ0v) is 21.1. The van der Waals surface area contributed by atoms with Crippen LogP contribution in [0.5, 0.6) is 11.5 Å². The molecule has 0 aromatic heterocycles. The van der Waals surface area contributed by atoms with Gasteiger partial charge in [0.15, 0.2) is 11.5 Å². The van der Waals surface area contributed by atoms with Crippen LogP contribution in [0, 0.1) is 25.2 Å². The molecule has 1 aliphatic rings. The van der Waals surface area contributed by atoms with Crippen LogP contribution in [-0.4, -0.2) is 25.0 Å². The fraction of sp³-hybridized carbons (Fsp3) is 0.143. The number of urea groups is 1. The second-order valence-corrected chi connectivity index (χ2v) is 8.80. The van der Waals surface area contributed by atoms with E-state index in [1.54, 1.807) is 42.5 Å². The first-order valence-electron chi connectivity index (χ1n) is 11.2. The molecule has 0 saturated carbocycles. The number of methoxy groups -OCH3 is 1. The molecule has 0 aliphatic carbocycles. The summed E-state index contributed by atoms with van der Waals surface area (Å²) in [5.74, 6) is -1.08. The number of imide groups is 2. The molecule has 0 spiro atoms. The molecule has 1 fully saturated rings. The maximum absolute atomic E-state index is 13.3. The first-order chi connectivity index (χ1) is 17.7. The molecule has 1 saturated heterocycles. The van der Waals surface area contributed by atoms with Gasteiger partial charge in [0.2, 0.25) is 0 Å². The molecule has 0 bridgehead atoms. The minimum Gasteiger partial charge on any atom is -0.493 e. The van der Waals surface area contributed by atoms with Crippen LogP contribution in [0.1, 0.15) is 27.8 Å². The summed E-state index contributed by atoms with van der Waals surface area (Å²) in [5, 5.41) is 11.7. The number of aryl methyl sites for hydroxylation is 2. The molecule has 37 heavy (non-hydrogen) atoms. The van der Waals surface area contributed by atoms with Crippen molar-refractivity contribution in [3.05, 3.63) is 93.0 Å². The molecule has 4 amide bonds. The van der Waals surface area contributed by atoms with Gasteiger partial charge < -0.3 is 9.47 Å². The number of rotatable bonds is 6. The molecular weight excluding hydrogens is 494 g/mol. The second-order valence-electron chi connectivity index (χ2n) is 8.40. The van der Waals surface area contributed by atoms with Gasteiger partial charge in [-0.1, -0.05) is 35.9 Å². The quantitative estimate of drug-likeness (QED) is 0.362. The Hall–Kier alpha value is -4.61. The minimum absolute atomic E-state index is 0.0775. The second kappa shape index (κ2) is 10.6. The van der Waals surface area contributed by atoms with Crippen molar-refractivity contribution < 1.29 is 23.9 Å². The first kappa shape index (κ1) is 25.5. The van der Waals surface area contributed by atoms with Crippen molar-refractivity contribution in [2.24, 2.45) is 0 Å². The summed E-state index contributed by atoms with van der Waals surface area (Å²) in [7, 11) is 1.43. The summed E-state index contributed by atoms with van der Waals surface area (Å²) >= 11 is 6.48. The summed E-state index contributed by atoms with van der Waals surface area (Å²) in [6.07, 6.45) is 1.34. The van der Waals surface area contributed by atoms with Crippen LogP contribution in [0.2, 0.25) is 5.02 Å². The Kier molecular flexibility index (Phi) is 7.27.